The minimum absolute atomic E-state index is 0.155. The molecule has 5 N–H and O–H groups in total. The quantitative estimate of drug-likeness (QED) is 0.323. The number of benzene rings is 2. The summed E-state index contributed by atoms with van der Waals surface area (Å²) in [6.45, 7) is 2.05. The molecule has 2 aromatic carbocycles. The molecular formula is C19H21ClN6O3. The first kappa shape index (κ1) is 20.5. The Balaban J connectivity index is 1.81. The lowest BCUT2D eigenvalue weighted by Gasteiger charge is -2.20. The van der Waals surface area contributed by atoms with Crippen molar-refractivity contribution >= 4 is 23.3 Å². The van der Waals surface area contributed by atoms with Gasteiger partial charge >= 0.3 is 6.03 Å². The third-order valence-corrected chi connectivity index (χ3v) is 4.54. The third-order valence-electron chi connectivity index (χ3n) is 4.30. The van der Waals surface area contributed by atoms with Crippen LogP contribution in [0.4, 0.5) is 10.5 Å². The number of rotatable bonds is 6. The molecule has 1 heterocycles. The standard InChI is InChI=1S/C19H21ClN6O3/c1-12-4-3-5-15(26(22)19(27)23-21)14(12)11-29-18-8-9-25(24-18)16-7-6-13(20)10-17(16)28-2/h3-10H,11,21-22H2,1-2H3,(H,23,27). The highest BCUT2D eigenvalue weighted by atomic mass is 35.5. The van der Waals surface area contributed by atoms with Crippen molar-refractivity contribution in [3.63, 3.8) is 0 Å². The second-order valence-electron chi connectivity index (χ2n) is 6.10. The van der Waals surface area contributed by atoms with E-state index in [2.05, 4.69) is 5.10 Å². The lowest BCUT2D eigenvalue weighted by atomic mass is 10.1. The zero-order valence-electron chi connectivity index (χ0n) is 15.9. The zero-order chi connectivity index (χ0) is 21.0. The number of methoxy groups -OCH3 is 1. The van der Waals surface area contributed by atoms with Gasteiger partial charge in [0.2, 0.25) is 5.88 Å². The van der Waals surface area contributed by atoms with E-state index >= 15 is 0 Å². The van der Waals surface area contributed by atoms with E-state index in [1.165, 1.54) is 0 Å². The molecule has 10 heteroatoms. The number of hydrazine groups is 2. The summed E-state index contributed by atoms with van der Waals surface area (Å²) in [5.41, 5.74) is 4.84. The van der Waals surface area contributed by atoms with Crippen LogP contribution >= 0.6 is 11.6 Å². The first-order chi connectivity index (χ1) is 13.9. The van der Waals surface area contributed by atoms with Gasteiger partial charge in [-0.25, -0.2) is 26.2 Å². The Morgan fingerprint density at radius 2 is 2.10 bits per heavy atom. The fourth-order valence-electron chi connectivity index (χ4n) is 2.78. The summed E-state index contributed by atoms with van der Waals surface area (Å²) in [4.78, 5) is 11.8. The molecule has 0 atom stereocenters. The van der Waals surface area contributed by atoms with Crippen LogP contribution in [0.2, 0.25) is 5.02 Å². The molecule has 0 aliphatic rings. The maximum Gasteiger partial charge on any atom is 0.350 e. The van der Waals surface area contributed by atoms with E-state index in [-0.39, 0.29) is 6.61 Å². The molecule has 1 aromatic heterocycles. The topological polar surface area (TPSA) is 121 Å². The van der Waals surface area contributed by atoms with Gasteiger partial charge in [0.05, 0.1) is 12.8 Å². The number of amides is 2. The van der Waals surface area contributed by atoms with Crippen LogP contribution in [0.3, 0.4) is 0 Å². The first-order valence-electron chi connectivity index (χ1n) is 8.61. The van der Waals surface area contributed by atoms with E-state index in [0.717, 1.165) is 21.8 Å². The summed E-state index contributed by atoms with van der Waals surface area (Å²) in [7, 11) is 1.56. The van der Waals surface area contributed by atoms with E-state index in [0.29, 0.717) is 22.3 Å². The molecule has 2 amide bonds. The monoisotopic (exact) mass is 416 g/mol. The Labute approximate surface area is 172 Å². The number of nitrogens with zero attached hydrogens (tertiary/aromatic N) is 3. The van der Waals surface area contributed by atoms with Crippen LogP contribution in [0.15, 0.2) is 48.7 Å². The van der Waals surface area contributed by atoms with Crippen molar-refractivity contribution < 1.29 is 14.3 Å². The fraction of sp³-hybridized carbons (Fsp3) is 0.158. The molecule has 0 bridgehead atoms. The highest BCUT2D eigenvalue weighted by molar-refractivity contribution is 6.30. The minimum Gasteiger partial charge on any atom is -0.494 e. The second-order valence-corrected chi connectivity index (χ2v) is 6.53. The number of ether oxygens (including phenoxy) is 2. The molecule has 0 radical (unpaired) electrons. The van der Waals surface area contributed by atoms with Crippen LogP contribution < -0.4 is 31.6 Å². The van der Waals surface area contributed by atoms with Crippen molar-refractivity contribution in [3.05, 3.63) is 64.8 Å². The molecule has 3 rings (SSSR count). The van der Waals surface area contributed by atoms with Crippen molar-refractivity contribution in [2.45, 2.75) is 13.5 Å². The largest absolute Gasteiger partial charge is 0.494 e. The van der Waals surface area contributed by atoms with E-state index < -0.39 is 6.03 Å². The van der Waals surface area contributed by atoms with Crippen molar-refractivity contribution in [3.8, 4) is 17.3 Å². The number of carbonyl (C=O) groups is 1. The number of aromatic nitrogens is 2. The van der Waals surface area contributed by atoms with Crippen LogP contribution in [0, 0.1) is 6.92 Å². The Morgan fingerprint density at radius 3 is 2.83 bits per heavy atom. The summed E-state index contributed by atoms with van der Waals surface area (Å²) in [5.74, 6) is 12.0. The molecule has 0 saturated heterocycles. The summed E-state index contributed by atoms with van der Waals surface area (Å²) in [5, 5.41) is 5.91. The summed E-state index contributed by atoms with van der Waals surface area (Å²) >= 11 is 6.01. The second kappa shape index (κ2) is 8.82. The van der Waals surface area contributed by atoms with Gasteiger partial charge in [-0.2, -0.15) is 0 Å². The van der Waals surface area contributed by atoms with Gasteiger partial charge < -0.3 is 9.47 Å². The Bertz CT molecular complexity index is 1020. The highest BCUT2D eigenvalue weighted by Gasteiger charge is 2.17. The number of hydrogen-bond donors (Lipinski definition) is 3. The van der Waals surface area contributed by atoms with Gasteiger partial charge in [0, 0.05) is 28.9 Å². The van der Waals surface area contributed by atoms with Gasteiger partial charge in [-0.3, -0.25) is 5.43 Å². The predicted molar refractivity (Wildman–Crippen MR) is 110 cm³/mol. The van der Waals surface area contributed by atoms with Gasteiger partial charge in [-0.1, -0.05) is 23.7 Å². The van der Waals surface area contributed by atoms with Crippen molar-refractivity contribution in [2.24, 2.45) is 11.7 Å². The molecule has 0 unspecified atom stereocenters. The predicted octanol–water partition coefficient (Wildman–Crippen LogP) is 2.69. The van der Waals surface area contributed by atoms with Gasteiger partial charge in [0.25, 0.3) is 0 Å². The number of halogens is 1. The van der Waals surface area contributed by atoms with Crippen LogP contribution in [0.25, 0.3) is 5.69 Å². The highest BCUT2D eigenvalue weighted by Crippen LogP contribution is 2.28. The molecular weight excluding hydrogens is 396 g/mol. The van der Waals surface area contributed by atoms with Gasteiger partial charge in [-0.05, 0) is 30.7 Å². The summed E-state index contributed by atoms with van der Waals surface area (Å²) in [6.07, 6.45) is 1.75. The molecule has 0 aliphatic carbocycles. The molecule has 152 valence electrons. The fourth-order valence-corrected chi connectivity index (χ4v) is 2.95. The number of nitrogens with one attached hydrogen (secondary N) is 1. The Hall–Kier alpha value is -3.27. The number of aryl methyl sites for hydroxylation is 1. The van der Waals surface area contributed by atoms with Crippen LogP contribution in [-0.4, -0.2) is 22.9 Å². The first-order valence-corrected chi connectivity index (χ1v) is 8.98. The molecule has 29 heavy (non-hydrogen) atoms. The average Bonchev–Trinajstić information content (AvgIpc) is 3.20. The number of anilines is 1. The van der Waals surface area contributed by atoms with Crippen molar-refractivity contribution in [1.82, 2.24) is 15.2 Å². The average molecular weight is 417 g/mol. The van der Waals surface area contributed by atoms with Crippen LogP contribution in [0.5, 0.6) is 11.6 Å². The van der Waals surface area contributed by atoms with E-state index in [1.54, 1.807) is 54.4 Å². The van der Waals surface area contributed by atoms with Gasteiger partial charge in [0.15, 0.2) is 0 Å². The van der Waals surface area contributed by atoms with Crippen LogP contribution in [0.1, 0.15) is 11.1 Å². The lowest BCUT2D eigenvalue weighted by Crippen LogP contribution is -2.48. The SMILES string of the molecule is COc1cc(Cl)ccc1-n1ccc(OCc2c(C)cccc2N(N)C(=O)NN)n1. The molecule has 3 aromatic rings. The molecule has 0 fully saturated rings. The number of urea groups is 1. The number of nitrogens with two attached hydrogens (primary N) is 2. The van der Waals surface area contributed by atoms with E-state index in [4.69, 9.17) is 32.8 Å². The van der Waals surface area contributed by atoms with Crippen molar-refractivity contribution in [2.75, 3.05) is 12.1 Å². The normalized spacial score (nSPS) is 10.5. The third kappa shape index (κ3) is 4.43. The maximum absolute atomic E-state index is 11.8. The van der Waals surface area contributed by atoms with Crippen LogP contribution in [-0.2, 0) is 6.61 Å². The van der Waals surface area contributed by atoms with Crippen molar-refractivity contribution in [1.29, 1.82) is 0 Å². The summed E-state index contributed by atoms with van der Waals surface area (Å²) < 4.78 is 12.8. The zero-order valence-corrected chi connectivity index (χ0v) is 16.7. The van der Waals surface area contributed by atoms with Gasteiger partial charge in [-0.15, -0.1) is 5.10 Å². The maximum atomic E-state index is 11.8. The summed E-state index contributed by atoms with van der Waals surface area (Å²) in [6, 6.07) is 11.7. The molecule has 0 spiro atoms. The minimum atomic E-state index is -0.643. The molecule has 9 nitrogen and oxygen atoms in total. The Morgan fingerprint density at radius 1 is 1.31 bits per heavy atom. The molecule has 0 aliphatic heterocycles. The number of carbonyl (C=O) groups excluding carboxylic acids is 1. The van der Waals surface area contributed by atoms with E-state index in [1.807, 2.05) is 18.4 Å². The Kier molecular flexibility index (Phi) is 6.23. The molecule has 0 saturated carbocycles. The van der Waals surface area contributed by atoms with Gasteiger partial charge in [0.1, 0.15) is 18.0 Å². The lowest BCUT2D eigenvalue weighted by molar-refractivity contribution is 0.246. The smallest absolute Gasteiger partial charge is 0.350 e. The van der Waals surface area contributed by atoms with E-state index in [9.17, 15) is 4.79 Å². The number of hydrogen-bond acceptors (Lipinski definition) is 6.